The number of nitrogens with one attached hydrogen (secondary N) is 2. The van der Waals surface area contributed by atoms with Crippen LogP contribution in [0.25, 0.3) is 0 Å². The summed E-state index contributed by atoms with van der Waals surface area (Å²) in [6.45, 7) is 0.749. The third-order valence-corrected chi connectivity index (χ3v) is 2.36. The van der Waals surface area contributed by atoms with Crippen molar-refractivity contribution in [2.45, 2.75) is 6.42 Å². The fourth-order valence-corrected chi connectivity index (χ4v) is 1.45. The van der Waals surface area contributed by atoms with Gasteiger partial charge in [0.05, 0.1) is 0 Å². The van der Waals surface area contributed by atoms with Crippen LogP contribution in [0.2, 0.25) is 5.02 Å². The van der Waals surface area contributed by atoms with Crippen molar-refractivity contribution in [2.75, 3.05) is 17.6 Å². The highest BCUT2D eigenvalue weighted by Gasteiger charge is 1.98. The van der Waals surface area contributed by atoms with E-state index >= 15 is 0 Å². The Bertz CT molecular complexity index is 450. The molecule has 6 heteroatoms. The van der Waals surface area contributed by atoms with E-state index in [0.717, 1.165) is 18.0 Å². The Kier molecular flexibility index (Phi) is 3.26. The number of rotatable bonds is 4. The van der Waals surface area contributed by atoms with Gasteiger partial charge in [0, 0.05) is 11.6 Å². The fourth-order valence-electron chi connectivity index (χ4n) is 1.32. The molecule has 2 rings (SSSR count). The molecule has 0 spiro atoms. The van der Waals surface area contributed by atoms with E-state index in [1.54, 1.807) is 0 Å². The van der Waals surface area contributed by atoms with Crippen molar-refractivity contribution >= 4 is 23.5 Å². The predicted molar refractivity (Wildman–Crippen MR) is 64.4 cm³/mol. The first-order chi connectivity index (χ1) is 7.74. The minimum Gasteiger partial charge on any atom is -0.368 e. The Hall–Kier alpha value is -1.75. The number of benzene rings is 1. The molecule has 1 aromatic carbocycles. The summed E-state index contributed by atoms with van der Waals surface area (Å²) in [4.78, 5) is 3.93. The molecule has 84 valence electrons. The van der Waals surface area contributed by atoms with Crippen molar-refractivity contribution in [3.05, 3.63) is 34.9 Å². The maximum atomic E-state index is 5.79. The van der Waals surface area contributed by atoms with Crippen LogP contribution in [-0.2, 0) is 6.42 Å². The molecule has 1 aromatic heterocycles. The Morgan fingerprint density at radius 1 is 1.31 bits per heavy atom. The van der Waals surface area contributed by atoms with Gasteiger partial charge < -0.3 is 11.1 Å². The highest BCUT2D eigenvalue weighted by Crippen LogP contribution is 2.10. The lowest BCUT2D eigenvalue weighted by molar-refractivity contribution is 0.985. The Labute approximate surface area is 98.0 Å². The van der Waals surface area contributed by atoms with Gasteiger partial charge in [-0.1, -0.05) is 23.7 Å². The van der Waals surface area contributed by atoms with Crippen molar-refractivity contribution in [1.29, 1.82) is 0 Å². The highest BCUT2D eigenvalue weighted by molar-refractivity contribution is 6.30. The van der Waals surface area contributed by atoms with Gasteiger partial charge in [0.1, 0.15) is 0 Å². The third kappa shape index (κ3) is 2.87. The SMILES string of the molecule is Nc1nc(NCCc2ccc(Cl)cc2)n[nH]1. The molecule has 0 aliphatic heterocycles. The lowest BCUT2D eigenvalue weighted by Gasteiger charge is -2.02. The molecular weight excluding hydrogens is 226 g/mol. The average Bonchev–Trinajstić information content (AvgIpc) is 2.67. The van der Waals surface area contributed by atoms with Gasteiger partial charge in [-0.3, -0.25) is 0 Å². The van der Waals surface area contributed by atoms with Crippen LogP contribution >= 0.6 is 11.6 Å². The number of hydrogen-bond acceptors (Lipinski definition) is 4. The highest BCUT2D eigenvalue weighted by atomic mass is 35.5. The van der Waals surface area contributed by atoms with Crippen LogP contribution in [0.4, 0.5) is 11.9 Å². The normalized spacial score (nSPS) is 10.3. The summed E-state index contributed by atoms with van der Waals surface area (Å²) < 4.78 is 0. The maximum Gasteiger partial charge on any atom is 0.243 e. The van der Waals surface area contributed by atoms with E-state index in [2.05, 4.69) is 20.5 Å². The zero-order valence-corrected chi connectivity index (χ0v) is 9.33. The van der Waals surface area contributed by atoms with E-state index in [9.17, 15) is 0 Å². The second kappa shape index (κ2) is 4.85. The average molecular weight is 238 g/mol. The number of nitrogen functional groups attached to an aromatic ring is 1. The number of nitrogens with zero attached hydrogens (tertiary/aromatic N) is 2. The van der Waals surface area contributed by atoms with Crippen LogP contribution in [0.15, 0.2) is 24.3 Å². The van der Waals surface area contributed by atoms with Gasteiger partial charge in [-0.05, 0) is 24.1 Å². The summed E-state index contributed by atoms with van der Waals surface area (Å²) in [5, 5.41) is 10.2. The monoisotopic (exact) mass is 237 g/mol. The lowest BCUT2D eigenvalue weighted by Crippen LogP contribution is -2.06. The predicted octanol–water partition coefficient (Wildman–Crippen LogP) is 1.69. The van der Waals surface area contributed by atoms with E-state index in [1.165, 1.54) is 5.56 Å². The van der Waals surface area contributed by atoms with Crippen LogP contribution in [0.3, 0.4) is 0 Å². The van der Waals surface area contributed by atoms with Gasteiger partial charge in [-0.15, -0.1) is 5.10 Å². The Morgan fingerprint density at radius 3 is 2.69 bits per heavy atom. The maximum absolute atomic E-state index is 5.79. The summed E-state index contributed by atoms with van der Waals surface area (Å²) in [7, 11) is 0. The minimum absolute atomic E-state index is 0.314. The zero-order chi connectivity index (χ0) is 11.4. The molecule has 0 unspecified atom stereocenters. The molecule has 0 saturated heterocycles. The van der Waals surface area contributed by atoms with Crippen molar-refractivity contribution in [2.24, 2.45) is 0 Å². The smallest absolute Gasteiger partial charge is 0.243 e. The largest absolute Gasteiger partial charge is 0.368 e. The van der Waals surface area contributed by atoms with E-state index in [-0.39, 0.29) is 0 Å². The molecule has 0 aliphatic carbocycles. The summed E-state index contributed by atoms with van der Waals surface area (Å²) >= 11 is 5.79. The van der Waals surface area contributed by atoms with Crippen LogP contribution < -0.4 is 11.1 Å². The third-order valence-electron chi connectivity index (χ3n) is 2.11. The molecule has 1 heterocycles. The molecule has 0 amide bonds. The first-order valence-electron chi connectivity index (χ1n) is 4.90. The van der Waals surface area contributed by atoms with E-state index < -0.39 is 0 Å². The topological polar surface area (TPSA) is 79.6 Å². The number of hydrogen-bond donors (Lipinski definition) is 3. The summed E-state index contributed by atoms with van der Waals surface area (Å²) in [5.74, 6) is 0.834. The Morgan fingerprint density at radius 2 is 2.06 bits per heavy atom. The van der Waals surface area contributed by atoms with Crippen molar-refractivity contribution < 1.29 is 0 Å². The number of anilines is 2. The molecule has 5 nitrogen and oxygen atoms in total. The van der Waals surface area contributed by atoms with Gasteiger partial charge in [-0.25, -0.2) is 5.10 Å². The van der Waals surface area contributed by atoms with E-state index in [4.69, 9.17) is 17.3 Å². The number of aromatic nitrogens is 3. The number of nitrogens with two attached hydrogens (primary N) is 1. The molecule has 0 atom stereocenters. The summed E-state index contributed by atoms with van der Waals surface area (Å²) in [6.07, 6.45) is 0.881. The second-order valence-corrected chi connectivity index (χ2v) is 3.78. The molecule has 0 fully saturated rings. The van der Waals surface area contributed by atoms with Crippen LogP contribution in [0.1, 0.15) is 5.56 Å². The molecule has 16 heavy (non-hydrogen) atoms. The first-order valence-corrected chi connectivity index (χ1v) is 5.28. The van der Waals surface area contributed by atoms with Crippen LogP contribution in [0, 0.1) is 0 Å². The summed E-state index contributed by atoms with van der Waals surface area (Å²) in [6, 6.07) is 7.75. The van der Waals surface area contributed by atoms with E-state index in [1.807, 2.05) is 24.3 Å². The minimum atomic E-state index is 0.314. The van der Waals surface area contributed by atoms with Crippen LogP contribution in [0.5, 0.6) is 0 Å². The molecule has 0 saturated carbocycles. The zero-order valence-electron chi connectivity index (χ0n) is 8.57. The number of halogens is 1. The summed E-state index contributed by atoms with van der Waals surface area (Å²) in [5.41, 5.74) is 6.60. The van der Waals surface area contributed by atoms with Crippen molar-refractivity contribution in [3.63, 3.8) is 0 Å². The van der Waals surface area contributed by atoms with Gasteiger partial charge in [0.2, 0.25) is 11.9 Å². The molecule has 4 N–H and O–H groups in total. The Balaban J connectivity index is 1.82. The molecule has 0 radical (unpaired) electrons. The first kappa shape index (κ1) is 10.8. The second-order valence-electron chi connectivity index (χ2n) is 3.35. The molecule has 0 aliphatic rings. The van der Waals surface area contributed by atoms with E-state index in [0.29, 0.717) is 11.9 Å². The van der Waals surface area contributed by atoms with Crippen LogP contribution in [-0.4, -0.2) is 21.7 Å². The van der Waals surface area contributed by atoms with Crippen molar-refractivity contribution in [1.82, 2.24) is 15.2 Å². The standard InChI is InChI=1S/C10H12ClN5/c11-8-3-1-7(2-4-8)5-6-13-10-14-9(12)15-16-10/h1-4H,5-6H2,(H4,12,13,14,15,16). The molecule has 2 aromatic rings. The quantitative estimate of drug-likeness (QED) is 0.756. The molecule has 0 bridgehead atoms. The van der Waals surface area contributed by atoms with Gasteiger partial charge in [0.15, 0.2) is 0 Å². The van der Waals surface area contributed by atoms with Gasteiger partial charge >= 0.3 is 0 Å². The fraction of sp³-hybridized carbons (Fsp3) is 0.200. The lowest BCUT2D eigenvalue weighted by atomic mass is 10.1. The number of aromatic amines is 1. The number of H-pyrrole nitrogens is 1. The molecular formula is C10H12ClN5. The van der Waals surface area contributed by atoms with Crippen molar-refractivity contribution in [3.8, 4) is 0 Å². The van der Waals surface area contributed by atoms with Gasteiger partial charge in [-0.2, -0.15) is 4.98 Å². The van der Waals surface area contributed by atoms with Gasteiger partial charge in [0.25, 0.3) is 0 Å².